The van der Waals surface area contributed by atoms with E-state index in [-0.39, 0.29) is 13.6 Å². The average Bonchev–Trinajstić information content (AvgIpc) is 1.27. The molecule has 0 fully saturated rings. The molecule has 0 rings (SSSR count). The first-order chi connectivity index (χ1) is 3.13. The summed E-state index contributed by atoms with van der Waals surface area (Å²) in [7, 11) is -5.85. The van der Waals surface area contributed by atoms with Crippen LogP contribution in [-0.2, 0) is 13.4 Å². The summed E-state index contributed by atoms with van der Waals surface area (Å²) in [5, 5.41) is 0. The van der Waals surface area contributed by atoms with Gasteiger partial charge in [0.05, 0.1) is 0 Å². The predicted molar refractivity (Wildman–Crippen MR) is 32.5 cm³/mol. The topological polar surface area (TPSA) is 119 Å². The first kappa shape index (κ1) is 16.0. The lowest BCUT2D eigenvalue weighted by Gasteiger charge is -1.50. The minimum absolute atomic E-state index is 0. The Hall–Kier alpha value is 0.0400. The van der Waals surface area contributed by atoms with E-state index in [1.54, 1.807) is 0 Å². The van der Waals surface area contributed by atoms with E-state index >= 15 is 0 Å². The van der Waals surface area contributed by atoms with Crippen LogP contribution in [0.1, 0.15) is 7.43 Å². The molecular formula is CH9NO5P2+2. The van der Waals surface area contributed by atoms with Crippen LogP contribution in [0.15, 0.2) is 0 Å². The van der Waals surface area contributed by atoms with Crippen LogP contribution in [0.5, 0.6) is 0 Å². The molecule has 0 aromatic carbocycles. The van der Waals surface area contributed by atoms with Gasteiger partial charge in [-0.2, -0.15) is 0 Å². The van der Waals surface area contributed by atoms with Gasteiger partial charge in [-0.3, -0.25) is 0 Å². The molecule has 2 unspecified atom stereocenters. The molecule has 0 aromatic heterocycles. The van der Waals surface area contributed by atoms with E-state index in [2.05, 4.69) is 4.31 Å². The molecule has 0 aromatic rings. The highest BCUT2D eigenvalue weighted by Crippen LogP contribution is 2.30. The van der Waals surface area contributed by atoms with E-state index in [4.69, 9.17) is 9.79 Å². The molecule has 0 radical (unpaired) electrons. The largest absolute Gasteiger partial charge is 0.745 e. The van der Waals surface area contributed by atoms with Crippen molar-refractivity contribution < 1.29 is 23.2 Å². The van der Waals surface area contributed by atoms with Crippen molar-refractivity contribution in [3.8, 4) is 0 Å². The molecular weight excluding hydrogens is 168 g/mol. The first-order valence-corrected chi connectivity index (χ1v) is 3.39. The molecule has 6 nitrogen and oxygen atoms in total. The summed E-state index contributed by atoms with van der Waals surface area (Å²) in [6.07, 6.45) is 0. The Morgan fingerprint density at radius 1 is 1.11 bits per heavy atom. The molecule has 0 spiro atoms. The van der Waals surface area contributed by atoms with Gasteiger partial charge in [0.2, 0.25) is 0 Å². The maximum absolute atomic E-state index is 9.39. The predicted octanol–water partition coefficient (Wildman–Crippen LogP) is 1.10. The van der Waals surface area contributed by atoms with Crippen molar-refractivity contribution >= 4 is 16.5 Å². The van der Waals surface area contributed by atoms with Gasteiger partial charge < -0.3 is 6.15 Å². The maximum atomic E-state index is 9.39. The highest BCUT2D eigenvalue weighted by Gasteiger charge is 2.31. The second-order valence-electron chi connectivity index (χ2n) is 0.557. The van der Waals surface area contributed by atoms with Crippen LogP contribution >= 0.6 is 16.5 Å². The minimum Gasteiger partial charge on any atom is -0.344 e. The molecule has 8 heteroatoms. The van der Waals surface area contributed by atoms with E-state index in [1.165, 1.54) is 0 Å². The summed E-state index contributed by atoms with van der Waals surface area (Å²) in [4.78, 5) is 15.3. The Kier molecular flexibility index (Phi) is 14.3. The van der Waals surface area contributed by atoms with Gasteiger partial charge >= 0.3 is 16.5 Å². The second-order valence-corrected chi connectivity index (χ2v) is 2.16. The molecule has 0 bridgehead atoms. The van der Waals surface area contributed by atoms with Crippen LogP contribution in [0.2, 0.25) is 0 Å². The lowest BCUT2D eigenvalue weighted by molar-refractivity contribution is 0.371. The molecule has 5 N–H and O–H groups in total. The fourth-order valence-electron chi connectivity index (χ4n) is 0.0598. The van der Waals surface area contributed by atoms with Gasteiger partial charge in [-0.25, -0.2) is 0 Å². The van der Waals surface area contributed by atoms with Crippen LogP contribution in [0, 0.1) is 0 Å². The van der Waals surface area contributed by atoms with Crippen LogP contribution < -0.4 is 6.15 Å². The zero-order chi connectivity index (χ0) is 5.86. The van der Waals surface area contributed by atoms with Gasteiger partial charge in [0.1, 0.15) is 0 Å². The maximum Gasteiger partial charge on any atom is 0.745 e. The number of hydrogen-bond donors (Lipinski definition) is 3. The Labute approximate surface area is 54.3 Å². The molecule has 0 heterocycles. The van der Waals surface area contributed by atoms with Crippen molar-refractivity contribution in [3.63, 3.8) is 0 Å². The molecule has 0 aliphatic rings. The third-order valence-electron chi connectivity index (χ3n) is 0.140. The summed E-state index contributed by atoms with van der Waals surface area (Å²) >= 11 is 0. The zero-order valence-corrected chi connectivity index (χ0v) is 5.51. The smallest absolute Gasteiger partial charge is 0.344 e. The van der Waals surface area contributed by atoms with Crippen LogP contribution in [0.4, 0.5) is 0 Å². The Bertz CT molecular complexity index is 91.1. The van der Waals surface area contributed by atoms with Gasteiger partial charge in [0.15, 0.2) is 4.31 Å². The molecule has 0 saturated carbocycles. The van der Waals surface area contributed by atoms with Gasteiger partial charge in [-0.05, 0) is 0 Å². The molecule has 9 heavy (non-hydrogen) atoms. The van der Waals surface area contributed by atoms with Gasteiger partial charge in [-0.1, -0.05) is 7.43 Å². The van der Waals surface area contributed by atoms with Crippen molar-refractivity contribution in [2.45, 2.75) is 7.43 Å². The summed E-state index contributed by atoms with van der Waals surface area (Å²) in [6.45, 7) is 0. The van der Waals surface area contributed by atoms with Crippen LogP contribution in [0.3, 0.4) is 0 Å². The van der Waals surface area contributed by atoms with Crippen LogP contribution in [-0.4, -0.2) is 9.79 Å². The first-order valence-electron chi connectivity index (χ1n) is 1.13. The molecule has 0 amide bonds. The highest BCUT2D eigenvalue weighted by molar-refractivity contribution is 7.46. The normalized spacial score (nSPS) is 10.4. The van der Waals surface area contributed by atoms with Crippen molar-refractivity contribution in [3.05, 3.63) is 0 Å². The summed E-state index contributed by atoms with van der Waals surface area (Å²) in [5.74, 6) is 0. The Morgan fingerprint density at radius 3 is 1.33 bits per heavy atom. The summed E-state index contributed by atoms with van der Waals surface area (Å²) in [5.41, 5.74) is 0. The van der Waals surface area contributed by atoms with Gasteiger partial charge in [0, 0.05) is 9.13 Å². The monoisotopic (exact) mass is 177 g/mol. The van der Waals surface area contributed by atoms with E-state index in [1.807, 2.05) is 0 Å². The molecule has 0 aliphatic carbocycles. The third kappa shape index (κ3) is 18.0. The molecule has 2 atom stereocenters. The average molecular weight is 177 g/mol. The number of hydrogen-bond acceptors (Lipinski definition) is 4. The van der Waals surface area contributed by atoms with Crippen molar-refractivity contribution in [2.24, 2.45) is 0 Å². The molecule has 0 aliphatic heterocycles. The lowest BCUT2D eigenvalue weighted by atomic mass is 12.0. The van der Waals surface area contributed by atoms with E-state index in [9.17, 15) is 9.13 Å². The zero-order valence-electron chi connectivity index (χ0n) is 3.72. The highest BCUT2D eigenvalue weighted by atomic mass is 31.2. The lowest BCUT2D eigenvalue weighted by Crippen LogP contribution is -1.58. The van der Waals surface area contributed by atoms with Crippen LogP contribution in [0.25, 0.3) is 0 Å². The fourth-order valence-corrected chi connectivity index (χ4v) is 0.538. The van der Waals surface area contributed by atoms with Gasteiger partial charge in [0.25, 0.3) is 0 Å². The molecule has 56 valence electrons. The summed E-state index contributed by atoms with van der Waals surface area (Å²) < 4.78 is 22.2. The standard InChI is InChI=1S/CH4.H3N.O5P2/c;;1-6(2)5-7(3)4/h1H4;1H3;/p+2. The summed E-state index contributed by atoms with van der Waals surface area (Å²) in [6, 6.07) is 0. The minimum atomic E-state index is -2.92. The van der Waals surface area contributed by atoms with E-state index in [0.717, 1.165) is 0 Å². The van der Waals surface area contributed by atoms with E-state index < -0.39 is 16.5 Å². The van der Waals surface area contributed by atoms with Gasteiger partial charge in [-0.15, -0.1) is 9.79 Å². The molecule has 0 saturated heterocycles. The second kappa shape index (κ2) is 8.04. The quantitative estimate of drug-likeness (QED) is 0.543. The Morgan fingerprint density at radius 2 is 1.33 bits per heavy atom. The SMILES string of the molecule is C.N.O=[P+](O)O[P+](=O)O. The number of rotatable bonds is 2. The van der Waals surface area contributed by atoms with Crippen molar-refractivity contribution in [1.29, 1.82) is 0 Å². The fraction of sp³-hybridized carbons (Fsp3) is 1.00. The van der Waals surface area contributed by atoms with E-state index in [0.29, 0.717) is 0 Å². The van der Waals surface area contributed by atoms with Crippen molar-refractivity contribution in [1.82, 2.24) is 6.15 Å². The third-order valence-corrected chi connectivity index (χ3v) is 1.26. The Balaban J connectivity index is -0.000000180. The van der Waals surface area contributed by atoms with Crippen molar-refractivity contribution in [2.75, 3.05) is 0 Å².